The normalized spacial score (nSPS) is 13.4. The van der Waals surface area contributed by atoms with Gasteiger partial charge < -0.3 is 10.1 Å². The van der Waals surface area contributed by atoms with Gasteiger partial charge in [-0.05, 0) is 24.3 Å². The summed E-state index contributed by atoms with van der Waals surface area (Å²) in [4.78, 5) is 21.2. The van der Waals surface area contributed by atoms with Crippen LogP contribution in [-0.4, -0.2) is 25.9 Å². The average Bonchev–Trinajstić information content (AvgIpc) is 2.54. The van der Waals surface area contributed by atoms with Crippen LogP contribution >= 0.6 is 0 Å². The number of nitrogens with one attached hydrogen (secondary N) is 2. The number of rotatable bonds is 4. The first kappa shape index (κ1) is 15.7. The number of carbonyl (C=O) groups excluding carboxylic acids is 1. The molecular weight excluding hydrogens is 338 g/mol. The van der Waals surface area contributed by atoms with E-state index in [9.17, 15) is 23.3 Å². The van der Waals surface area contributed by atoms with Gasteiger partial charge in [0.2, 0.25) is 0 Å². The lowest BCUT2D eigenvalue weighted by Crippen LogP contribution is -2.25. The van der Waals surface area contributed by atoms with Crippen LogP contribution in [0.4, 0.5) is 17.1 Å². The number of hydrogen-bond acceptors (Lipinski definition) is 6. The number of carbonyl (C=O) groups is 1. The van der Waals surface area contributed by atoms with Crippen LogP contribution in [0.1, 0.15) is 0 Å². The number of benzene rings is 2. The summed E-state index contributed by atoms with van der Waals surface area (Å²) in [6, 6.07) is 9.08. The summed E-state index contributed by atoms with van der Waals surface area (Å²) in [5.74, 6) is 0.0779. The molecule has 3 rings (SSSR count). The molecule has 9 nitrogen and oxygen atoms in total. The standard InChI is InChI=1S/C14H11N3O6S/c18-14-8-23-13-5-4-9(6-12(13)15-14)16-24(21,22)11-3-1-2-10(7-11)17(19)20/h1-7,16H,8H2,(H,15,18). The number of hydrogen-bond donors (Lipinski definition) is 2. The zero-order valence-corrected chi connectivity index (χ0v) is 12.9. The Bertz CT molecular complexity index is 941. The maximum Gasteiger partial charge on any atom is 0.270 e. The van der Waals surface area contributed by atoms with E-state index in [2.05, 4.69) is 10.0 Å². The molecule has 1 heterocycles. The molecule has 0 aromatic heterocycles. The molecule has 1 aliphatic rings. The van der Waals surface area contributed by atoms with Crippen LogP contribution in [0, 0.1) is 10.1 Å². The lowest BCUT2D eigenvalue weighted by atomic mass is 10.2. The number of fused-ring (bicyclic) bond motifs is 1. The highest BCUT2D eigenvalue weighted by atomic mass is 32.2. The van der Waals surface area contributed by atoms with Gasteiger partial charge in [-0.2, -0.15) is 0 Å². The molecule has 0 saturated heterocycles. The Morgan fingerprint density at radius 3 is 2.75 bits per heavy atom. The highest BCUT2D eigenvalue weighted by Crippen LogP contribution is 2.31. The van der Waals surface area contributed by atoms with Crippen molar-refractivity contribution in [1.29, 1.82) is 0 Å². The molecule has 2 aromatic rings. The second-order valence-corrected chi connectivity index (χ2v) is 6.59. The van der Waals surface area contributed by atoms with E-state index in [0.29, 0.717) is 11.4 Å². The van der Waals surface area contributed by atoms with Crippen LogP contribution < -0.4 is 14.8 Å². The highest BCUT2D eigenvalue weighted by molar-refractivity contribution is 7.92. The van der Waals surface area contributed by atoms with E-state index in [4.69, 9.17) is 4.74 Å². The average molecular weight is 349 g/mol. The number of nitrogens with zero attached hydrogens (tertiary/aromatic N) is 1. The number of sulfonamides is 1. The molecule has 0 radical (unpaired) electrons. The SMILES string of the molecule is O=C1COc2ccc(NS(=O)(=O)c3cccc([N+](=O)[O-])c3)cc2N1. The molecule has 0 aliphatic carbocycles. The van der Waals surface area contributed by atoms with E-state index in [1.165, 1.54) is 36.4 Å². The van der Waals surface area contributed by atoms with Gasteiger partial charge in [-0.25, -0.2) is 8.42 Å². The van der Waals surface area contributed by atoms with Gasteiger partial charge in [-0.15, -0.1) is 0 Å². The lowest BCUT2D eigenvalue weighted by molar-refractivity contribution is -0.385. The minimum absolute atomic E-state index is 0.105. The number of non-ortho nitro benzene ring substituents is 1. The van der Waals surface area contributed by atoms with Crippen LogP contribution in [0.3, 0.4) is 0 Å². The summed E-state index contributed by atoms with van der Waals surface area (Å²) in [5, 5.41) is 13.3. The molecule has 0 saturated carbocycles. The topological polar surface area (TPSA) is 128 Å². The van der Waals surface area contributed by atoms with E-state index in [1.54, 1.807) is 0 Å². The zero-order valence-electron chi connectivity index (χ0n) is 12.1. The van der Waals surface area contributed by atoms with Crippen molar-refractivity contribution >= 4 is 33.0 Å². The van der Waals surface area contributed by atoms with Gasteiger partial charge >= 0.3 is 0 Å². The van der Waals surface area contributed by atoms with Gasteiger partial charge in [0.05, 0.1) is 21.2 Å². The maximum atomic E-state index is 12.4. The van der Waals surface area contributed by atoms with Crippen molar-refractivity contribution in [3.63, 3.8) is 0 Å². The first-order chi connectivity index (χ1) is 11.3. The molecule has 2 N–H and O–H groups in total. The summed E-state index contributed by atoms with van der Waals surface area (Å²) in [7, 11) is -4.02. The molecule has 24 heavy (non-hydrogen) atoms. The van der Waals surface area contributed by atoms with Crippen molar-refractivity contribution in [3.8, 4) is 5.75 Å². The van der Waals surface area contributed by atoms with Crippen LogP contribution in [0.15, 0.2) is 47.4 Å². The van der Waals surface area contributed by atoms with Crippen molar-refractivity contribution in [2.45, 2.75) is 4.90 Å². The molecule has 10 heteroatoms. The summed E-state index contributed by atoms with van der Waals surface area (Å²) in [6.45, 7) is -0.105. The zero-order chi connectivity index (χ0) is 17.3. The fraction of sp³-hybridized carbons (Fsp3) is 0.0714. The second kappa shape index (κ2) is 5.81. The molecule has 0 atom stereocenters. The lowest BCUT2D eigenvalue weighted by Gasteiger charge is -2.18. The third kappa shape index (κ3) is 3.13. The first-order valence-corrected chi connectivity index (χ1v) is 8.17. The molecule has 0 fully saturated rings. The Labute approximate surface area is 136 Å². The summed E-state index contributed by atoms with van der Waals surface area (Å²) < 4.78 is 32.2. The quantitative estimate of drug-likeness (QED) is 0.639. The molecule has 0 bridgehead atoms. The smallest absolute Gasteiger partial charge is 0.270 e. The Balaban J connectivity index is 1.90. The molecule has 124 valence electrons. The number of nitro groups is 1. The van der Waals surface area contributed by atoms with Crippen molar-refractivity contribution in [2.24, 2.45) is 0 Å². The number of nitro benzene ring substituents is 1. The van der Waals surface area contributed by atoms with Crippen LogP contribution in [-0.2, 0) is 14.8 Å². The number of ether oxygens (including phenoxy) is 1. The van der Waals surface area contributed by atoms with Gasteiger partial charge in [0.15, 0.2) is 6.61 Å². The molecule has 0 spiro atoms. The van der Waals surface area contributed by atoms with E-state index in [1.807, 2.05) is 0 Å². The van der Waals surface area contributed by atoms with Crippen molar-refractivity contribution in [3.05, 3.63) is 52.6 Å². The fourth-order valence-corrected chi connectivity index (χ4v) is 3.21. The molecular formula is C14H11N3O6S. The van der Waals surface area contributed by atoms with Crippen molar-refractivity contribution in [2.75, 3.05) is 16.6 Å². The fourth-order valence-electron chi connectivity index (χ4n) is 2.12. The van der Waals surface area contributed by atoms with E-state index >= 15 is 0 Å². The Morgan fingerprint density at radius 1 is 1.21 bits per heavy atom. The highest BCUT2D eigenvalue weighted by Gasteiger charge is 2.20. The third-order valence-electron chi connectivity index (χ3n) is 3.20. The van der Waals surface area contributed by atoms with Crippen molar-refractivity contribution < 1.29 is 22.9 Å². The van der Waals surface area contributed by atoms with Gasteiger partial charge in [0, 0.05) is 12.1 Å². The van der Waals surface area contributed by atoms with Crippen LogP contribution in [0.25, 0.3) is 0 Å². The molecule has 0 unspecified atom stereocenters. The minimum Gasteiger partial charge on any atom is -0.482 e. The predicted octanol–water partition coefficient (Wildman–Crippen LogP) is 1.73. The monoisotopic (exact) mass is 349 g/mol. The molecule has 2 aromatic carbocycles. The van der Waals surface area contributed by atoms with Crippen molar-refractivity contribution in [1.82, 2.24) is 0 Å². The van der Waals surface area contributed by atoms with Crippen LogP contribution in [0.2, 0.25) is 0 Å². The number of anilines is 2. The largest absolute Gasteiger partial charge is 0.482 e. The van der Waals surface area contributed by atoms with E-state index in [0.717, 1.165) is 6.07 Å². The Hall–Kier alpha value is -3.14. The Morgan fingerprint density at radius 2 is 2.00 bits per heavy atom. The van der Waals surface area contributed by atoms with Gasteiger partial charge in [-0.1, -0.05) is 6.07 Å². The van der Waals surface area contributed by atoms with E-state index in [-0.39, 0.29) is 28.8 Å². The predicted molar refractivity (Wildman–Crippen MR) is 84.5 cm³/mol. The summed E-state index contributed by atoms with van der Waals surface area (Å²) in [6.07, 6.45) is 0. The Kier molecular flexibility index (Phi) is 3.81. The number of amides is 1. The minimum atomic E-state index is -4.02. The van der Waals surface area contributed by atoms with Gasteiger partial charge in [-0.3, -0.25) is 19.6 Å². The van der Waals surface area contributed by atoms with Gasteiger partial charge in [0.25, 0.3) is 21.6 Å². The summed E-state index contributed by atoms with van der Waals surface area (Å²) >= 11 is 0. The van der Waals surface area contributed by atoms with Gasteiger partial charge in [0.1, 0.15) is 5.75 Å². The molecule has 1 aliphatic heterocycles. The van der Waals surface area contributed by atoms with Crippen LogP contribution in [0.5, 0.6) is 5.75 Å². The summed E-state index contributed by atoms with van der Waals surface area (Å²) in [5.41, 5.74) is 0.195. The molecule has 1 amide bonds. The van der Waals surface area contributed by atoms with E-state index < -0.39 is 14.9 Å². The first-order valence-electron chi connectivity index (χ1n) is 6.69. The second-order valence-electron chi connectivity index (χ2n) is 4.91. The maximum absolute atomic E-state index is 12.4. The third-order valence-corrected chi connectivity index (χ3v) is 4.58.